The second-order valence-electron chi connectivity index (χ2n) is 5.70. The zero-order valence-electron chi connectivity index (χ0n) is 13.4. The van der Waals surface area contributed by atoms with Gasteiger partial charge in [-0.15, -0.1) is 0 Å². The van der Waals surface area contributed by atoms with E-state index in [4.69, 9.17) is 24.1 Å². The first-order valence-electron chi connectivity index (χ1n) is 7.79. The number of ketones is 1. The van der Waals surface area contributed by atoms with Gasteiger partial charge in [-0.2, -0.15) is 0 Å². The molecular weight excluding hydrogens is 292 g/mol. The molecule has 1 saturated heterocycles. The van der Waals surface area contributed by atoms with Gasteiger partial charge >= 0.3 is 0 Å². The average Bonchev–Trinajstić information content (AvgIpc) is 2.49. The molecule has 1 rings (SSSR count). The normalized spacial score (nSPS) is 25.9. The lowest BCUT2D eigenvalue weighted by molar-refractivity contribution is -0.216. The summed E-state index contributed by atoms with van der Waals surface area (Å²) in [6.45, 7) is 6.22. The molecule has 3 atom stereocenters. The predicted molar refractivity (Wildman–Crippen MR) is 78.4 cm³/mol. The van der Waals surface area contributed by atoms with Gasteiger partial charge in [0, 0.05) is 13.0 Å². The Kier molecular flexibility index (Phi) is 9.77. The fourth-order valence-corrected chi connectivity index (χ4v) is 1.91. The molecule has 1 heterocycles. The van der Waals surface area contributed by atoms with E-state index in [1.54, 1.807) is 0 Å². The molecule has 1 aliphatic heterocycles. The van der Waals surface area contributed by atoms with Gasteiger partial charge in [-0.3, -0.25) is 4.79 Å². The van der Waals surface area contributed by atoms with Crippen LogP contribution in [0.25, 0.3) is 0 Å². The number of aliphatic hydroxyl groups is 2. The molecule has 0 bridgehead atoms. The Morgan fingerprint density at radius 2 is 1.82 bits per heavy atom. The zero-order chi connectivity index (χ0) is 16.4. The van der Waals surface area contributed by atoms with Crippen LogP contribution in [0.15, 0.2) is 0 Å². The number of carbonyl (C=O) groups excluding carboxylic acids is 1. The molecule has 0 aliphatic carbocycles. The van der Waals surface area contributed by atoms with Crippen LogP contribution < -0.4 is 0 Å². The lowest BCUT2D eigenvalue weighted by Crippen LogP contribution is -2.47. The van der Waals surface area contributed by atoms with Gasteiger partial charge in [0.25, 0.3) is 0 Å². The highest BCUT2D eigenvalue weighted by Crippen LogP contribution is 2.17. The molecule has 0 aromatic heterocycles. The van der Waals surface area contributed by atoms with Crippen LogP contribution in [0.4, 0.5) is 0 Å². The summed E-state index contributed by atoms with van der Waals surface area (Å²) < 4.78 is 21.2. The van der Waals surface area contributed by atoms with E-state index < -0.39 is 24.3 Å². The van der Waals surface area contributed by atoms with Gasteiger partial charge in [-0.25, -0.2) is 0 Å². The third kappa shape index (κ3) is 7.62. The van der Waals surface area contributed by atoms with Gasteiger partial charge in [-0.1, -0.05) is 13.8 Å². The highest BCUT2D eigenvalue weighted by Gasteiger charge is 2.36. The van der Waals surface area contributed by atoms with Crippen LogP contribution in [0.1, 0.15) is 26.7 Å². The maximum Gasteiger partial charge on any atom is 0.221 e. The predicted octanol–water partition coefficient (Wildman–Crippen LogP) is 0.120. The number of hydrogen-bond acceptors (Lipinski definition) is 7. The van der Waals surface area contributed by atoms with E-state index >= 15 is 0 Å². The van der Waals surface area contributed by atoms with Gasteiger partial charge in [0.2, 0.25) is 12.1 Å². The Bertz CT molecular complexity index is 308. The van der Waals surface area contributed by atoms with Gasteiger partial charge in [-0.05, 0) is 12.3 Å². The van der Waals surface area contributed by atoms with Crippen molar-refractivity contribution in [3.05, 3.63) is 0 Å². The van der Waals surface area contributed by atoms with Gasteiger partial charge in [0.15, 0.2) is 0 Å². The van der Waals surface area contributed by atoms with Gasteiger partial charge < -0.3 is 29.2 Å². The fourth-order valence-electron chi connectivity index (χ4n) is 1.91. The van der Waals surface area contributed by atoms with Crippen molar-refractivity contribution in [2.24, 2.45) is 5.92 Å². The van der Waals surface area contributed by atoms with Crippen molar-refractivity contribution in [3.63, 3.8) is 0 Å². The third-order valence-electron chi connectivity index (χ3n) is 3.28. The topological polar surface area (TPSA) is 94.5 Å². The maximum absolute atomic E-state index is 11.6. The number of hydrogen-bond donors (Lipinski definition) is 2. The van der Waals surface area contributed by atoms with E-state index in [0.717, 1.165) is 13.0 Å². The van der Waals surface area contributed by atoms with E-state index in [2.05, 4.69) is 13.8 Å². The fraction of sp³-hybridized carbons (Fsp3) is 0.933. The van der Waals surface area contributed by atoms with Crippen LogP contribution in [-0.2, 0) is 23.7 Å². The molecule has 0 radical (unpaired) electrons. The molecule has 0 saturated carbocycles. The summed E-state index contributed by atoms with van der Waals surface area (Å²) in [5.41, 5.74) is 0. The molecular formula is C15H28O7. The summed E-state index contributed by atoms with van der Waals surface area (Å²) in [7, 11) is 0. The summed E-state index contributed by atoms with van der Waals surface area (Å²) in [5.74, 6) is 0.113. The molecule has 0 amide bonds. The van der Waals surface area contributed by atoms with E-state index in [1.807, 2.05) is 0 Å². The number of rotatable bonds is 11. The molecule has 7 heteroatoms. The van der Waals surface area contributed by atoms with Crippen molar-refractivity contribution >= 4 is 5.78 Å². The molecule has 2 N–H and O–H groups in total. The van der Waals surface area contributed by atoms with Crippen LogP contribution >= 0.6 is 0 Å². The van der Waals surface area contributed by atoms with E-state index in [0.29, 0.717) is 25.7 Å². The Hall–Kier alpha value is -0.570. The van der Waals surface area contributed by atoms with Crippen molar-refractivity contribution in [2.75, 3.05) is 39.6 Å². The largest absolute Gasteiger partial charge is 0.394 e. The van der Waals surface area contributed by atoms with E-state index in [-0.39, 0.29) is 19.6 Å². The van der Waals surface area contributed by atoms with Crippen molar-refractivity contribution in [1.29, 1.82) is 0 Å². The molecule has 22 heavy (non-hydrogen) atoms. The highest BCUT2D eigenvalue weighted by atomic mass is 16.7. The van der Waals surface area contributed by atoms with Gasteiger partial charge in [0.05, 0.1) is 39.1 Å². The highest BCUT2D eigenvalue weighted by molar-refractivity contribution is 5.86. The quantitative estimate of drug-likeness (QED) is 0.522. The smallest absolute Gasteiger partial charge is 0.221 e. The number of carbonyl (C=O) groups is 1. The van der Waals surface area contributed by atoms with Crippen molar-refractivity contribution in [2.45, 2.75) is 45.2 Å². The standard InChI is InChI=1S/C15H28O7/c1-11(2)3-4-19-5-6-20-7-8-21-15-14(18)13(17)9-12(10-16)22-15/h11-13,15-17H,3-10H2,1-2H3/t12?,13?,15-/m1/s1. The average molecular weight is 320 g/mol. The van der Waals surface area contributed by atoms with Gasteiger partial charge in [0.1, 0.15) is 6.10 Å². The van der Waals surface area contributed by atoms with Crippen LogP contribution in [0.2, 0.25) is 0 Å². The Labute approximate surface area is 131 Å². The lowest BCUT2D eigenvalue weighted by Gasteiger charge is -2.30. The van der Waals surface area contributed by atoms with Crippen LogP contribution in [0.3, 0.4) is 0 Å². The summed E-state index contributed by atoms with van der Waals surface area (Å²) >= 11 is 0. The molecule has 0 spiro atoms. The minimum absolute atomic E-state index is 0.0966. The summed E-state index contributed by atoms with van der Waals surface area (Å²) in [6.07, 6.45) is -1.73. The molecule has 7 nitrogen and oxygen atoms in total. The second kappa shape index (κ2) is 11.0. The lowest BCUT2D eigenvalue weighted by atomic mass is 10.0. The SMILES string of the molecule is CC(C)CCOCCOCCO[C@@H]1OC(CO)CC(O)C1=O. The first kappa shape index (κ1) is 19.5. The molecule has 0 aromatic carbocycles. The van der Waals surface area contributed by atoms with Crippen LogP contribution in [0, 0.1) is 5.92 Å². The Morgan fingerprint density at radius 1 is 1.18 bits per heavy atom. The van der Waals surface area contributed by atoms with Crippen LogP contribution in [0.5, 0.6) is 0 Å². The second-order valence-corrected chi connectivity index (χ2v) is 5.70. The Balaban J connectivity index is 2.02. The summed E-state index contributed by atoms with van der Waals surface area (Å²) in [6, 6.07) is 0. The van der Waals surface area contributed by atoms with Crippen molar-refractivity contribution < 1.29 is 34.0 Å². The minimum Gasteiger partial charge on any atom is -0.394 e. The van der Waals surface area contributed by atoms with E-state index in [1.165, 1.54) is 0 Å². The van der Waals surface area contributed by atoms with E-state index in [9.17, 15) is 9.90 Å². The zero-order valence-corrected chi connectivity index (χ0v) is 13.4. The first-order chi connectivity index (χ1) is 10.5. The number of aliphatic hydroxyl groups excluding tert-OH is 2. The summed E-state index contributed by atoms with van der Waals surface area (Å²) in [4.78, 5) is 11.6. The monoisotopic (exact) mass is 320 g/mol. The third-order valence-corrected chi connectivity index (χ3v) is 3.28. The molecule has 1 fully saturated rings. The van der Waals surface area contributed by atoms with Crippen LogP contribution in [-0.4, -0.2) is 74.1 Å². The minimum atomic E-state index is -1.15. The van der Waals surface area contributed by atoms with Crippen molar-refractivity contribution in [3.8, 4) is 0 Å². The summed E-state index contributed by atoms with van der Waals surface area (Å²) in [5, 5.41) is 18.6. The maximum atomic E-state index is 11.6. The number of Topliss-reactive ketones (excluding diaryl/α,β-unsaturated/α-hetero) is 1. The molecule has 2 unspecified atom stereocenters. The number of ether oxygens (including phenoxy) is 4. The molecule has 0 aromatic rings. The van der Waals surface area contributed by atoms with Crippen molar-refractivity contribution in [1.82, 2.24) is 0 Å². The first-order valence-corrected chi connectivity index (χ1v) is 7.79. The molecule has 1 aliphatic rings. The Morgan fingerprint density at radius 3 is 2.45 bits per heavy atom. The molecule has 130 valence electrons.